The minimum atomic E-state index is 0.00758. The van der Waals surface area contributed by atoms with Gasteiger partial charge in [-0.15, -0.1) is 0 Å². The number of unbranched alkanes of at least 4 members (excludes halogenated alkanes) is 2. The van der Waals surface area contributed by atoms with Crippen LogP contribution in [-0.4, -0.2) is 10.2 Å². The molecule has 3 heteroatoms. The first kappa shape index (κ1) is 19.4. The summed E-state index contributed by atoms with van der Waals surface area (Å²) in [5, 5.41) is 25.8. The molecule has 3 aromatic rings. The summed E-state index contributed by atoms with van der Waals surface area (Å²) in [5.41, 5.74) is 6.82. The molecule has 1 aliphatic heterocycles. The van der Waals surface area contributed by atoms with Gasteiger partial charge in [-0.05, 0) is 55.0 Å². The maximum Gasteiger partial charge on any atom is 0.132 e. The highest BCUT2D eigenvalue weighted by Gasteiger charge is 2.29. The second-order valence-electron chi connectivity index (χ2n) is 8.08. The lowest BCUT2D eigenvalue weighted by Gasteiger charge is -2.22. The Labute approximate surface area is 173 Å². The summed E-state index contributed by atoms with van der Waals surface area (Å²) in [5.74, 6) is 0.353. The number of benzene rings is 3. The zero-order valence-electron chi connectivity index (χ0n) is 17.2. The molecule has 0 radical (unpaired) electrons. The van der Waals surface area contributed by atoms with E-state index in [4.69, 9.17) is 0 Å². The van der Waals surface area contributed by atoms with Crippen LogP contribution in [0.15, 0.2) is 54.6 Å². The first-order chi connectivity index (χ1) is 14.1. The topological polar surface area (TPSA) is 52.5 Å². The van der Waals surface area contributed by atoms with Crippen molar-refractivity contribution in [3.8, 4) is 22.6 Å². The predicted molar refractivity (Wildman–Crippen MR) is 120 cm³/mol. The van der Waals surface area contributed by atoms with Gasteiger partial charge in [-0.3, -0.25) is 0 Å². The van der Waals surface area contributed by atoms with Crippen molar-refractivity contribution in [2.45, 2.75) is 52.0 Å². The SMILES string of the molecule is CCCCCc1cc(O)c(-c2cccc(C)c2)c(O)c1C1Cc2ccccc2N1. The van der Waals surface area contributed by atoms with Gasteiger partial charge >= 0.3 is 0 Å². The van der Waals surface area contributed by atoms with Crippen molar-refractivity contribution >= 4 is 5.69 Å². The molecule has 3 nitrogen and oxygen atoms in total. The molecule has 4 rings (SSSR count). The largest absolute Gasteiger partial charge is 0.507 e. The normalized spacial score (nSPS) is 15.2. The lowest BCUT2D eigenvalue weighted by Crippen LogP contribution is -2.10. The summed E-state index contributed by atoms with van der Waals surface area (Å²) in [6, 6.07) is 18.1. The van der Waals surface area contributed by atoms with Gasteiger partial charge in [-0.1, -0.05) is 67.8 Å². The molecule has 0 saturated heterocycles. The van der Waals surface area contributed by atoms with Gasteiger partial charge in [0.25, 0.3) is 0 Å². The van der Waals surface area contributed by atoms with Crippen LogP contribution in [0.3, 0.4) is 0 Å². The number of phenols is 2. The Morgan fingerprint density at radius 2 is 1.83 bits per heavy atom. The molecule has 3 aromatic carbocycles. The monoisotopic (exact) mass is 387 g/mol. The minimum Gasteiger partial charge on any atom is -0.507 e. The molecule has 1 aliphatic rings. The molecule has 0 aliphatic carbocycles. The number of phenolic OH excluding ortho intramolecular Hbond substituents is 2. The van der Waals surface area contributed by atoms with Crippen LogP contribution < -0.4 is 5.32 Å². The molecule has 29 heavy (non-hydrogen) atoms. The third-order valence-electron chi connectivity index (χ3n) is 5.88. The second kappa shape index (κ2) is 8.20. The number of fused-ring (bicyclic) bond motifs is 1. The zero-order valence-corrected chi connectivity index (χ0v) is 17.2. The van der Waals surface area contributed by atoms with Crippen LogP contribution in [0.4, 0.5) is 5.69 Å². The van der Waals surface area contributed by atoms with Crippen LogP contribution in [-0.2, 0) is 12.8 Å². The Hall–Kier alpha value is -2.94. The molecule has 0 aromatic heterocycles. The van der Waals surface area contributed by atoms with Crippen molar-refractivity contribution in [3.05, 3.63) is 76.9 Å². The third kappa shape index (κ3) is 3.82. The molecule has 0 saturated carbocycles. The maximum atomic E-state index is 11.4. The number of aromatic hydroxyl groups is 2. The smallest absolute Gasteiger partial charge is 0.132 e. The fourth-order valence-corrected chi connectivity index (χ4v) is 4.44. The van der Waals surface area contributed by atoms with Gasteiger partial charge in [0.1, 0.15) is 11.5 Å². The van der Waals surface area contributed by atoms with Crippen LogP contribution in [0.25, 0.3) is 11.1 Å². The predicted octanol–water partition coefficient (Wildman–Crippen LogP) is 6.52. The van der Waals surface area contributed by atoms with E-state index < -0.39 is 0 Å². The van der Waals surface area contributed by atoms with Crippen LogP contribution in [0.5, 0.6) is 11.5 Å². The number of hydrogen-bond acceptors (Lipinski definition) is 3. The van der Waals surface area contributed by atoms with E-state index in [9.17, 15) is 10.2 Å². The summed E-state index contributed by atoms with van der Waals surface area (Å²) in [7, 11) is 0. The van der Waals surface area contributed by atoms with E-state index in [2.05, 4.69) is 30.4 Å². The van der Waals surface area contributed by atoms with Gasteiger partial charge in [0, 0.05) is 11.3 Å². The summed E-state index contributed by atoms with van der Waals surface area (Å²) in [6.07, 6.45) is 5.02. The maximum absolute atomic E-state index is 11.4. The molecule has 1 heterocycles. The van der Waals surface area contributed by atoms with E-state index in [-0.39, 0.29) is 17.5 Å². The lowest BCUT2D eigenvalue weighted by molar-refractivity contribution is 0.445. The molecule has 0 fully saturated rings. The molecule has 0 bridgehead atoms. The molecule has 1 atom stereocenters. The van der Waals surface area contributed by atoms with Gasteiger partial charge in [0.2, 0.25) is 0 Å². The van der Waals surface area contributed by atoms with Crippen LogP contribution in [0, 0.1) is 6.92 Å². The molecule has 3 N–H and O–H groups in total. The van der Waals surface area contributed by atoms with Crippen LogP contribution >= 0.6 is 0 Å². The fourth-order valence-electron chi connectivity index (χ4n) is 4.44. The number of para-hydroxylation sites is 1. The molecular weight excluding hydrogens is 358 g/mol. The number of nitrogens with one attached hydrogen (secondary N) is 1. The molecule has 0 spiro atoms. The Bertz CT molecular complexity index is 1000. The van der Waals surface area contributed by atoms with Crippen LogP contribution in [0.1, 0.15) is 54.5 Å². The average Bonchev–Trinajstić information content (AvgIpc) is 3.11. The van der Waals surface area contributed by atoms with Gasteiger partial charge in [-0.25, -0.2) is 0 Å². The van der Waals surface area contributed by atoms with E-state index in [0.717, 1.165) is 60.0 Å². The summed E-state index contributed by atoms with van der Waals surface area (Å²) in [6.45, 7) is 4.21. The lowest BCUT2D eigenvalue weighted by atomic mass is 9.88. The Morgan fingerprint density at radius 3 is 2.59 bits per heavy atom. The van der Waals surface area contributed by atoms with Crippen molar-refractivity contribution in [2.75, 3.05) is 5.32 Å². The van der Waals surface area contributed by atoms with Gasteiger partial charge in [-0.2, -0.15) is 0 Å². The highest BCUT2D eigenvalue weighted by molar-refractivity contribution is 5.80. The zero-order chi connectivity index (χ0) is 20.4. The average molecular weight is 388 g/mol. The van der Waals surface area contributed by atoms with Gasteiger partial charge in [0.15, 0.2) is 0 Å². The number of rotatable bonds is 6. The molecule has 1 unspecified atom stereocenters. The first-order valence-corrected chi connectivity index (χ1v) is 10.6. The van der Waals surface area contributed by atoms with E-state index in [1.165, 1.54) is 5.56 Å². The summed E-state index contributed by atoms with van der Waals surface area (Å²) < 4.78 is 0. The van der Waals surface area contributed by atoms with Crippen molar-refractivity contribution in [2.24, 2.45) is 0 Å². The first-order valence-electron chi connectivity index (χ1n) is 10.6. The van der Waals surface area contributed by atoms with E-state index in [0.29, 0.717) is 5.56 Å². The van der Waals surface area contributed by atoms with Crippen molar-refractivity contribution in [1.29, 1.82) is 0 Å². The third-order valence-corrected chi connectivity index (χ3v) is 5.88. The van der Waals surface area contributed by atoms with E-state index in [1.807, 2.05) is 43.3 Å². The van der Waals surface area contributed by atoms with Crippen molar-refractivity contribution in [1.82, 2.24) is 0 Å². The van der Waals surface area contributed by atoms with Crippen molar-refractivity contribution < 1.29 is 10.2 Å². The quantitative estimate of drug-likeness (QED) is 0.422. The van der Waals surface area contributed by atoms with Gasteiger partial charge < -0.3 is 15.5 Å². The number of hydrogen-bond donors (Lipinski definition) is 3. The Kier molecular flexibility index (Phi) is 5.48. The standard InChI is InChI=1S/C26H29NO2/c1-3-4-5-11-20-16-23(28)25(19-12-8-9-17(2)14-19)26(29)24(20)22-15-18-10-6-7-13-21(18)27-22/h6-10,12-14,16,22,27-29H,3-5,11,15H2,1-2H3. The summed E-state index contributed by atoms with van der Waals surface area (Å²) >= 11 is 0. The fraction of sp³-hybridized carbons (Fsp3) is 0.308. The van der Waals surface area contributed by atoms with E-state index >= 15 is 0 Å². The number of aryl methyl sites for hydroxylation is 2. The van der Waals surface area contributed by atoms with E-state index in [1.54, 1.807) is 0 Å². The highest BCUT2D eigenvalue weighted by Crippen LogP contribution is 2.47. The Morgan fingerprint density at radius 1 is 1.00 bits per heavy atom. The summed E-state index contributed by atoms with van der Waals surface area (Å²) in [4.78, 5) is 0. The number of anilines is 1. The molecular formula is C26H29NO2. The van der Waals surface area contributed by atoms with Crippen molar-refractivity contribution in [3.63, 3.8) is 0 Å². The highest BCUT2D eigenvalue weighted by atomic mass is 16.3. The molecule has 0 amide bonds. The Balaban J connectivity index is 1.81. The van der Waals surface area contributed by atoms with Crippen LogP contribution in [0.2, 0.25) is 0 Å². The minimum absolute atomic E-state index is 0.00758. The molecule has 150 valence electrons. The van der Waals surface area contributed by atoms with Gasteiger partial charge in [0.05, 0.1) is 11.6 Å². The second-order valence-corrected chi connectivity index (χ2v) is 8.08.